The van der Waals surface area contributed by atoms with Crippen LogP contribution in [0.25, 0.3) is 5.69 Å². The first-order chi connectivity index (χ1) is 12.5. The molecule has 1 amide bonds. The fraction of sp³-hybridized carbons (Fsp3) is 0.389. The Bertz CT molecular complexity index is 910. The number of carbonyl (C=O) groups is 1. The minimum absolute atomic E-state index is 0.181. The third-order valence-electron chi connectivity index (χ3n) is 3.95. The van der Waals surface area contributed by atoms with Gasteiger partial charge in [0.15, 0.2) is 5.82 Å². The summed E-state index contributed by atoms with van der Waals surface area (Å²) in [5.41, 5.74) is 2.96. The van der Waals surface area contributed by atoms with E-state index in [1.165, 1.54) is 0 Å². The normalized spacial score (nSPS) is 11.1. The molecule has 0 bridgehead atoms. The summed E-state index contributed by atoms with van der Waals surface area (Å²) in [6, 6.07) is 9.28. The Kier molecular flexibility index (Phi) is 5.11. The van der Waals surface area contributed by atoms with Crippen LogP contribution in [0.1, 0.15) is 42.8 Å². The molecule has 2 heterocycles. The smallest absolute Gasteiger partial charge is 0.273 e. The standard InChI is InChI=1S/C18H23N7O/c1-5-24-17(11-15(21-24)9-12(2)3)18(26)19-14-7-6-8-16(10-14)25-13(4)20-22-23-25/h6-8,10-12H,5,9H2,1-4H3,(H,19,26). The molecule has 0 saturated carbocycles. The summed E-state index contributed by atoms with van der Waals surface area (Å²) in [6.07, 6.45) is 0.849. The minimum atomic E-state index is -0.181. The first-order valence-electron chi connectivity index (χ1n) is 8.71. The van der Waals surface area contributed by atoms with Gasteiger partial charge >= 0.3 is 0 Å². The molecule has 0 atom stereocenters. The van der Waals surface area contributed by atoms with Gasteiger partial charge in [-0.15, -0.1) is 5.10 Å². The van der Waals surface area contributed by atoms with Crippen molar-refractivity contribution in [3.05, 3.63) is 47.5 Å². The number of amides is 1. The Balaban J connectivity index is 1.82. The molecule has 0 aliphatic heterocycles. The zero-order valence-corrected chi connectivity index (χ0v) is 15.5. The highest BCUT2D eigenvalue weighted by atomic mass is 16.2. The number of hydrogen-bond donors (Lipinski definition) is 1. The van der Waals surface area contributed by atoms with Gasteiger partial charge in [0.05, 0.1) is 11.4 Å². The number of hydrogen-bond acceptors (Lipinski definition) is 5. The molecule has 3 aromatic rings. The SMILES string of the molecule is CCn1nc(CC(C)C)cc1C(=O)Nc1cccc(-n2nnnc2C)c1. The van der Waals surface area contributed by atoms with Gasteiger partial charge in [-0.3, -0.25) is 9.48 Å². The number of aryl methyl sites for hydroxylation is 2. The fourth-order valence-corrected chi connectivity index (χ4v) is 2.79. The molecule has 0 unspecified atom stereocenters. The van der Waals surface area contributed by atoms with E-state index >= 15 is 0 Å². The maximum atomic E-state index is 12.7. The van der Waals surface area contributed by atoms with Gasteiger partial charge in [-0.1, -0.05) is 19.9 Å². The topological polar surface area (TPSA) is 90.5 Å². The van der Waals surface area contributed by atoms with Crippen LogP contribution in [0.3, 0.4) is 0 Å². The van der Waals surface area contributed by atoms with Crippen molar-refractivity contribution >= 4 is 11.6 Å². The average Bonchev–Trinajstić information content (AvgIpc) is 3.20. The number of anilines is 1. The highest BCUT2D eigenvalue weighted by Gasteiger charge is 2.16. The summed E-state index contributed by atoms with van der Waals surface area (Å²) in [5, 5.41) is 18.9. The second kappa shape index (κ2) is 7.47. The summed E-state index contributed by atoms with van der Waals surface area (Å²) < 4.78 is 3.36. The van der Waals surface area contributed by atoms with Crippen molar-refractivity contribution in [1.82, 2.24) is 30.0 Å². The van der Waals surface area contributed by atoms with Gasteiger partial charge in [0, 0.05) is 12.2 Å². The Morgan fingerprint density at radius 1 is 1.27 bits per heavy atom. The minimum Gasteiger partial charge on any atom is -0.321 e. The third-order valence-corrected chi connectivity index (χ3v) is 3.95. The highest BCUT2D eigenvalue weighted by molar-refractivity contribution is 6.03. The molecule has 0 saturated heterocycles. The first-order valence-corrected chi connectivity index (χ1v) is 8.71. The number of nitrogens with one attached hydrogen (secondary N) is 1. The molecule has 1 N–H and O–H groups in total. The number of rotatable bonds is 6. The summed E-state index contributed by atoms with van der Waals surface area (Å²) >= 11 is 0. The fourth-order valence-electron chi connectivity index (χ4n) is 2.79. The summed E-state index contributed by atoms with van der Waals surface area (Å²) in [5.74, 6) is 0.984. The molecule has 0 aliphatic carbocycles. The van der Waals surface area contributed by atoms with E-state index in [0.29, 0.717) is 29.7 Å². The lowest BCUT2D eigenvalue weighted by Gasteiger charge is -2.08. The van der Waals surface area contributed by atoms with Crippen LogP contribution >= 0.6 is 0 Å². The molecule has 0 fully saturated rings. The summed E-state index contributed by atoms with van der Waals surface area (Å²) in [6.45, 7) is 8.71. The van der Waals surface area contributed by atoms with Gasteiger partial charge in [-0.05, 0) is 60.9 Å². The van der Waals surface area contributed by atoms with Crippen LogP contribution in [-0.4, -0.2) is 35.9 Å². The van der Waals surface area contributed by atoms with E-state index in [1.54, 1.807) is 9.36 Å². The molecular weight excluding hydrogens is 330 g/mol. The first kappa shape index (κ1) is 17.8. The van der Waals surface area contributed by atoms with Crippen LogP contribution in [0.5, 0.6) is 0 Å². The van der Waals surface area contributed by atoms with Crippen LogP contribution in [-0.2, 0) is 13.0 Å². The Labute approximate surface area is 152 Å². The predicted octanol–water partition coefficient (Wildman–Crippen LogP) is 2.64. The third kappa shape index (κ3) is 3.79. The lowest BCUT2D eigenvalue weighted by Crippen LogP contribution is -2.17. The van der Waals surface area contributed by atoms with Crippen molar-refractivity contribution in [2.45, 2.75) is 40.7 Å². The van der Waals surface area contributed by atoms with Crippen LogP contribution in [0, 0.1) is 12.8 Å². The second-order valence-electron chi connectivity index (χ2n) is 6.58. The average molecular weight is 353 g/mol. The van der Waals surface area contributed by atoms with Crippen molar-refractivity contribution in [2.75, 3.05) is 5.32 Å². The lowest BCUT2D eigenvalue weighted by atomic mass is 10.1. The maximum Gasteiger partial charge on any atom is 0.273 e. The van der Waals surface area contributed by atoms with Crippen LogP contribution in [0.4, 0.5) is 5.69 Å². The molecule has 1 aromatic carbocycles. The summed E-state index contributed by atoms with van der Waals surface area (Å²) in [7, 11) is 0. The number of tetrazole rings is 1. The molecule has 3 rings (SSSR count). The van der Waals surface area contributed by atoms with E-state index in [0.717, 1.165) is 17.8 Å². The van der Waals surface area contributed by atoms with E-state index in [9.17, 15) is 4.79 Å². The van der Waals surface area contributed by atoms with Crippen LogP contribution < -0.4 is 5.32 Å². The van der Waals surface area contributed by atoms with Gasteiger partial charge < -0.3 is 5.32 Å². The number of nitrogens with zero attached hydrogens (tertiary/aromatic N) is 6. The quantitative estimate of drug-likeness (QED) is 0.736. The van der Waals surface area contributed by atoms with E-state index in [1.807, 2.05) is 44.2 Å². The molecule has 136 valence electrons. The number of aromatic nitrogens is 6. The number of carbonyl (C=O) groups excluding carboxylic acids is 1. The van der Waals surface area contributed by atoms with E-state index in [-0.39, 0.29) is 5.91 Å². The van der Waals surface area contributed by atoms with Gasteiger partial charge in [0.25, 0.3) is 5.91 Å². The van der Waals surface area contributed by atoms with Crippen molar-refractivity contribution in [3.63, 3.8) is 0 Å². The van der Waals surface area contributed by atoms with Gasteiger partial charge in [-0.2, -0.15) is 9.78 Å². The lowest BCUT2D eigenvalue weighted by molar-refractivity contribution is 0.101. The van der Waals surface area contributed by atoms with Crippen LogP contribution in [0.2, 0.25) is 0 Å². The van der Waals surface area contributed by atoms with Crippen LogP contribution in [0.15, 0.2) is 30.3 Å². The maximum absolute atomic E-state index is 12.7. The van der Waals surface area contributed by atoms with E-state index in [4.69, 9.17) is 0 Å². The molecule has 2 aromatic heterocycles. The second-order valence-corrected chi connectivity index (χ2v) is 6.58. The molecule has 0 radical (unpaired) electrons. The molecule has 8 heteroatoms. The Hall–Kier alpha value is -3.03. The molecule has 26 heavy (non-hydrogen) atoms. The predicted molar refractivity (Wildman–Crippen MR) is 98.3 cm³/mol. The monoisotopic (exact) mass is 353 g/mol. The van der Waals surface area contributed by atoms with Crippen molar-refractivity contribution < 1.29 is 4.79 Å². The Morgan fingerprint density at radius 2 is 2.08 bits per heavy atom. The molecule has 0 aliphatic rings. The largest absolute Gasteiger partial charge is 0.321 e. The highest BCUT2D eigenvalue weighted by Crippen LogP contribution is 2.17. The van der Waals surface area contributed by atoms with Crippen molar-refractivity contribution in [1.29, 1.82) is 0 Å². The van der Waals surface area contributed by atoms with E-state index < -0.39 is 0 Å². The van der Waals surface area contributed by atoms with E-state index in [2.05, 4.69) is 39.8 Å². The molecule has 0 spiro atoms. The van der Waals surface area contributed by atoms with Crippen molar-refractivity contribution in [2.24, 2.45) is 5.92 Å². The Morgan fingerprint density at radius 3 is 2.73 bits per heavy atom. The van der Waals surface area contributed by atoms with Crippen molar-refractivity contribution in [3.8, 4) is 5.69 Å². The number of benzene rings is 1. The van der Waals surface area contributed by atoms with Gasteiger partial charge in [0.1, 0.15) is 5.69 Å². The molecule has 8 nitrogen and oxygen atoms in total. The zero-order chi connectivity index (χ0) is 18.7. The molecular formula is C18H23N7O. The van der Waals surface area contributed by atoms with Gasteiger partial charge in [0.2, 0.25) is 0 Å². The van der Waals surface area contributed by atoms with Gasteiger partial charge in [-0.25, -0.2) is 0 Å². The summed E-state index contributed by atoms with van der Waals surface area (Å²) in [4.78, 5) is 12.7. The zero-order valence-electron chi connectivity index (χ0n) is 15.5.